The van der Waals surface area contributed by atoms with Crippen LogP contribution in [-0.4, -0.2) is 51.3 Å². The molecule has 0 bridgehead atoms. The Morgan fingerprint density at radius 3 is 2.32 bits per heavy atom. The molecule has 1 aliphatic carbocycles. The van der Waals surface area contributed by atoms with Gasteiger partial charge in [0.15, 0.2) is 0 Å². The molecule has 0 spiro atoms. The molecule has 1 saturated carbocycles. The van der Waals surface area contributed by atoms with Gasteiger partial charge in [0.25, 0.3) is 5.91 Å². The van der Waals surface area contributed by atoms with E-state index in [9.17, 15) is 13.9 Å². The Balaban J connectivity index is 1.24. The zero-order chi connectivity index (χ0) is 21.4. The lowest BCUT2D eigenvalue weighted by Crippen LogP contribution is -2.41. The van der Waals surface area contributed by atoms with Crippen LogP contribution < -0.4 is 9.62 Å². The Bertz CT molecular complexity index is 959. The minimum absolute atomic E-state index is 0.149. The number of hydrogen-bond acceptors (Lipinski definition) is 5. The van der Waals surface area contributed by atoms with Gasteiger partial charge in [-0.25, -0.2) is 0 Å². The van der Waals surface area contributed by atoms with Gasteiger partial charge < -0.3 is 5.32 Å². The molecule has 2 aromatic carbocycles. The van der Waals surface area contributed by atoms with E-state index in [0.717, 1.165) is 49.8 Å². The van der Waals surface area contributed by atoms with Gasteiger partial charge in [-0.15, -0.1) is 10.8 Å². The predicted octanol–water partition coefficient (Wildman–Crippen LogP) is 4.77. The second-order valence-electron chi connectivity index (χ2n) is 8.90. The summed E-state index contributed by atoms with van der Waals surface area (Å²) < 4.78 is 21.9. The molecule has 2 aromatic rings. The topological polar surface area (TPSA) is 76.0 Å². The molecule has 3 N–H and O–H groups in total. The third kappa shape index (κ3) is 4.32. The molecule has 2 aliphatic heterocycles. The van der Waals surface area contributed by atoms with Gasteiger partial charge in [0.2, 0.25) is 0 Å². The van der Waals surface area contributed by atoms with Crippen molar-refractivity contribution in [1.82, 2.24) is 4.90 Å². The average molecular weight is 442 g/mol. The van der Waals surface area contributed by atoms with Crippen LogP contribution in [-0.2, 0) is 12.8 Å². The molecule has 2 fully saturated rings. The van der Waals surface area contributed by atoms with Crippen LogP contribution in [0.5, 0.6) is 0 Å². The fraction of sp³-hybridized carbons (Fsp3) is 0.458. The second-order valence-corrected chi connectivity index (χ2v) is 11.0. The second kappa shape index (κ2) is 8.47. The molecule has 1 amide bonds. The summed E-state index contributed by atoms with van der Waals surface area (Å²) in [6.45, 7) is 2.87. The van der Waals surface area contributed by atoms with Gasteiger partial charge in [-0.05, 0) is 79.6 Å². The van der Waals surface area contributed by atoms with Crippen molar-refractivity contribution < 1.29 is 13.9 Å². The molecule has 7 heteroatoms. The van der Waals surface area contributed by atoms with Gasteiger partial charge in [0, 0.05) is 36.9 Å². The van der Waals surface area contributed by atoms with Crippen molar-refractivity contribution in [2.45, 2.75) is 44.6 Å². The highest BCUT2D eigenvalue weighted by Gasteiger charge is 2.29. The zero-order valence-corrected chi connectivity index (χ0v) is 18.6. The summed E-state index contributed by atoms with van der Waals surface area (Å²) >= 11 is 0. The van der Waals surface area contributed by atoms with Gasteiger partial charge in [-0.1, -0.05) is 12.5 Å². The number of rotatable bonds is 4. The fourth-order valence-corrected chi connectivity index (χ4v) is 6.49. The molecule has 0 radical (unpaired) electrons. The molecule has 0 unspecified atom stereocenters. The number of hydrogen-bond donors (Lipinski definition) is 3. The van der Waals surface area contributed by atoms with Crippen LogP contribution in [0.4, 0.5) is 11.4 Å². The summed E-state index contributed by atoms with van der Waals surface area (Å²) in [6, 6.07) is 14.2. The molecular formula is C24H31N3O3S. The van der Waals surface area contributed by atoms with E-state index in [1.807, 2.05) is 6.07 Å². The van der Waals surface area contributed by atoms with Crippen molar-refractivity contribution in [3.05, 3.63) is 59.2 Å². The first-order valence-corrected chi connectivity index (χ1v) is 13.0. The number of benzene rings is 2. The number of carbonyl (C=O) groups excluding carboxylic acids is 1. The summed E-state index contributed by atoms with van der Waals surface area (Å²) in [7, 11) is -2.71. The summed E-state index contributed by atoms with van der Waals surface area (Å²) in [6.07, 6.45) is 6.93. The molecule has 5 rings (SSSR count). The van der Waals surface area contributed by atoms with Gasteiger partial charge in [0.1, 0.15) is 0 Å². The predicted molar refractivity (Wildman–Crippen MR) is 127 cm³/mol. The molecule has 31 heavy (non-hydrogen) atoms. The van der Waals surface area contributed by atoms with E-state index >= 15 is 0 Å². The van der Waals surface area contributed by atoms with Crippen LogP contribution in [0.3, 0.4) is 0 Å². The molecule has 166 valence electrons. The van der Waals surface area contributed by atoms with Crippen molar-refractivity contribution >= 4 is 28.1 Å². The lowest BCUT2D eigenvalue weighted by Gasteiger charge is -2.38. The van der Waals surface area contributed by atoms with Crippen molar-refractivity contribution in [2.75, 3.05) is 35.0 Å². The van der Waals surface area contributed by atoms with Crippen LogP contribution in [0, 0.1) is 0 Å². The molecule has 1 saturated heterocycles. The van der Waals surface area contributed by atoms with E-state index < -0.39 is 10.8 Å². The van der Waals surface area contributed by atoms with Crippen LogP contribution in [0.1, 0.15) is 47.2 Å². The number of nitrogens with one attached hydrogen (secondary N) is 1. The molecule has 2 heterocycles. The van der Waals surface area contributed by atoms with Gasteiger partial charge in [-0.3, -0.25) is 23.1 Å². The summed E-state index contributed by atoms with van der Waals surface area (Å²) in [5, 5.41) is 3.03. The minimum Gasteiger partial charge on any atom is -0.322 e. The maximum atomic E-state index is 12.8. The van der Waals surface area contributed by atoms with Gasteiger partial charge in [0.05, 0.1) is 11.4 Å². The fourth-order valence-electron chi connectivity index (χ4n) is 4.88. The van der Waals surface area contributed by atoms with Gasteiger partial charge >= 0.3 is 0 Å². The maximum Gasteiger partial charge on any atom is 0.255 e. The summed E-state index contributed by atoms with van der Waals surface area (Å²) in [5.41, 5.74) is 4.88. The van der Waals surface area contributed by atoms with Crippen LogP contribution >= 0.6 is 10.8 Å². The van der Waals surface area contributed by atoms with E-state index in [2.05, 4.69) is 22.3 Å². The SMILES string of the molecule is O=C(Nc1ccc2c(c1)CCN(C1CCC1)CC2)c1ccc(N2CCCS2(O)O)cc1. The summed E-state index contributed by atoms with van der Waals surface area (Å²) in [5.74, 6) is 0.260. The maximum absolute atomic E-state index is 12.8. The monoisotopic (exact) mass is 441 g/mol. The first-order valence-electron chi connectivity index (χ1n) is 11.3. The van der Waals surface area contributed by atoms with Crippen LogP contribution in [0.15, 0.2) is 42.5 Å². The van der Waals surface area contributed by atoms with E-state index in [0.29, 0.717) is 17.9 Å². The number of fused-ring (bicyclic) bond motifs is 1. The number of anilines is 2. The first kappa shape index (κ1) is 20.8. The normalized spacial score (nSPS) is 22.3. The molecular weight excluding hydrogens is 410 g/mol. The zero-order valence-electron chi connectivity index (χ0n) is 17.8. The van der Waals surface area contributed by atoms with E-state index in [4.69, 9.17) is 0 Å². The first-order chi connectivity index (χ1) is 15.0. The standard InChI is InChI=1S/C24H31N3O3S/c28-24(19-6-9-23(10-7-19)27-13-2-16-31(27,29)30)25-21-8-5-18-11-14-26(22-3-1-4-22)15-12-20(18)17-21/h5-10,17,22,29-30H,1-4,11-16H2,(H,25,28). The van der Waals surface area contributed by atoms with E-state index in [1.54, 1.807) is 28.6 Å². The van der Waals surface area contributed by atoms with Crippen LogP contribution in [0.25, 0.3) is 0 Å². The third-order valence-electron chi connectivity index (χ3n) is 6.94. The molecule has 0 aromatic heterocycles. The Morgan fingerprint density at radius 1 is 0.935 bits per heavy atom. The third-order valence-corrected chi connectivity index (χ3v) is 8.88. The lowest BCUT2D eigenvalue weighted by atomic mass is 9.91. The van der Waals surface area contributed by atoms with Crippen molar-refractivity contribution in [3.8, 4) is 0 Å². The van der Waals surface area contributed by atoms with E-state index in [-0.39, 0.29) is 5.91 Å². The van der Waals surface area contributed by atoms with E-state index in [1.165, 1.54) is 30.4 Å². The average Bonchev–Trinajstić information content (AvgIpc) is 2.95. The van der Waals surface area contributed by atoms with Crippen LogP contribution in [0.2, 0.25) is 0 Å². The Morgan fingerprint density at radius 2 is 1.68 bits per heavy atom. The molecule has 6 nitrogen and oxygen atoms in total. The Kier molecular flexibility index (Phi) is 5.69. The quantitative estimate of drug-likeness (QED) is 0.637. The number of nitrogens with zero attached hydrogens (tertiary/aromatic N) is 2. The molecule has 0 atom stereocenters. The Hall–Kier alpha value is -2.06. The molecule has 3 aliphatic rings. The number of amides is 1. The highest BCUT2D eigenvalue weighted by molar-refractivity contribution is 8.25. The Labute approximate surface area is 185 Å². The highest BCUT2D eigenvalue weighted by atomic mass is 32.3. The smallest absolute Gasteiger partial charge is 0.255 e. The van der Waals surface area contributed by atoms with Gasteiger partial charge in [-0.2, -0.15) is 0 Å². The highest BCUT2D eigenvalue weighted by Crippen LogP contribution is 2.50. The summed E-state index contributed by atoms with van der Waals surface area (Å²) in [4.78, 5) is 15.4. The van der Waals surface area contributed by atoms with Crippen molar-refractivity contribution in [2.24, 2.45) is 0 Å². The van der Waals surface area contributed by atoms with Crippen molar-refractivity contribution in [1.29, 1.82) is 0 Å². The largest absolute Gasteiger partial charge is 0.322 e. The number of carbonyl (C=O) groups is 1. The lowest BCUT2D eigenvalue weighted by molar-refractivity contribution is 0.102. The minimum atomic E-state index is -2.71. The van der Waals surface area contributed by atoms with Crippen molar-refractivity contribution in [3.63, 3.8) is 0 Å².